The second-order valence-electron chi connectivity index (χ2n) is 14.3. The minimum absolute atomic E-state index is 0. The fraction of sp³-hybridized carbons (Fsp3) is 0. The van der Waals surface area contributed by atoms with Crippen molar-refractivity contribution in [2.45, 2.75) is 0 Å². The van der Waals surface area contributed by atoms with E-state index in [-0.39, 0.29) is 19.5 Å². The van der Waals surface area contributed by atoms with Crippen LogP contribution in [0.5, 0.6) is 0 Å². The molecule has 0 saturated carbocycles. The third-order valence-corrected chi connectivity index (χ3v) is 10.6. The van der Waals surface area contributed by atoms with Gasteiger partial charge in [0, 0.05) is 63.8 Å². The number of benzene rings is 4. The zero-order chi connectivity index (χ0) is 49.3. The molecule has 2 aliphatic heterocycles. The number of aromatic amines is 2. The largest absolute Gasteiger partial charge is 0.354 e. The van der Waals surface area contributed by atoms with Gasteiger partial charge in [-0.25, -0.2) is 97.8 Å². The van der Waals surface area contributed by atoms with Crippen LogP contribution in [0.3, 0.4) is 0 Å². The van der Waals surface area contributed by atoms with Crippen LogP contribution in [0.4, 0.5) is 87.8 Å². The molecule has 8 bridgehead atoms. The number of nitrogens with zero attached hydrogens (tertiary/aromatic N) is 2. The molecule has 9 rings (SSSR count). The number of fused-ring (bicyclic) bond motifs is 8. The minimum Gasteiger partial charge on any atom is -0.354 e. The Kier molecular flexibility index (Phi) is 11.9. The molecule has 25 heteroatoms. The van der Waals surface area contributed by atoms with Gasteiger partial charge >= 0.3 is 0 Å². The van der Waals surface area contributed by atoms with Crippen LogP contribution in [0.15, 0.2) is 24.3 Å². The van der Waals surface area contributed by atoms with Gasteiger partial charge in [-0.1, -0.05) is 0 Å². The van der Waals surface area contributed by atoms with E-state index in [9.17, 15) is 52.7 Å². The number of rotatable bonds is 4. The molecule has 355 valence electrons. The molecule has 0 saturated heterocycles. The first-order valence-electron chi connectivity index (χ1n) is 18.3. The van der Waals surface area contributed by atoms with Crippen molar-refractivity contribution < 1.29 is 107 Å². The molecule has 1 radical (unpaired) electrons. The smallest absolute Gasteiger partial charge is 0.200 e. The molecule has 0 spiro atoms. The van der Waals surface area contributed by atoms with Crippen LogP contribution in [0, 0.1) is 116 Å². The first-order valence-corrected chi connectivity index (χ1v) is 18.3. The summed E-state index contributed by atoms with van der Waals surface area (Å²) in [5.41, 5.74) is -20.5. The van der Waals surface area contributed by atoms with Crippen LogP contribution in [-0.4, -0.2) is 19.9 Å². The summed E-state index contributed by atoms with van der Waals surface area (Å²) in [5.74, 6) is -52.6. The maximum absolute atomic E-state index is 15.8. The van der Waals surface area contributed by atoms with Crippen LogP contribution >= 0.6 is 0 Å². The predicted molar refractivity (Wildman–Crippen MR) is 200 cm³/mol. The molecular weight excluding hydrogens is 1070 g/mol. The Hall–Kier alpha value is -7.30. The van der Waals surface area contributed by atoms with E-state index in [1.807, 2.05) is 0 Å². The Labute approximate surface area is 380 Å². The summed E-state index contributed by atoms with van der Waals surface area (Å²) in [6, 6.07) is 2.51. The average Bonchev–Trinajstić information content (AvgIpc) is 4.18. The number of H-pyrrole nitrogens is 2. The van der Waals surface area contributed by atoms with Gasteiger partial charge in [0.2, 0.25) is 23.3 Å². The normalized spacial score (nSPS) is 12.1. The van der Waals surface area contributed by atoms with Crippen molar-refractivity contribution in [3.63, 3.8) is 0 Å². The van der Waals surface area contributed by atoms with E-state index in [1.54, 1.807) is 0 Å². The van der Waals surface area contributed by atoms with Gasteiger partial charge in [-0.2, -0.15) is 0 Å². The van der Waals surface area contributed by atoms with Gasteiger partial charge < -0.3 is 9.97 Å². The number of halogens is 20. The molecule has 2 aliphatic rings. The summed E-state index contributed by atoms with van der Waals surface area (Å²) in [6.45, 7) is 0. The number of hydrogen-bond donors (Lipinski definition) is 2. The van der Waals surface area contributed by atoms with Crippen molar-refractivity contribution >= 4 is 46.4 Å². The average molecular weight is 1080 g/mol. The third-order valence-electron chi connectivity index (χ3n) is 10.6. The molecule has 7 aromatic rings. The van der Waals surface area contributed by atoms with Gasteiger partial charge in [0.15, 0.2) is 93.1 Å². The van der Waals surface area contributed by atoms with Crippen molar-refractivity contribution in [3.05, 3.63) is 163 Å². The van der Waals surface area contributed by atoms with Crippen molar-refractivity contribution in [1.82, 2.24) is 19.9 Å². The molecule has 0 atom stereocenters. The van der Waals surface area contributed by atoms with Gasteiger partial charge in [0.1, 0.15) is 0 Å². The van der Waals surface area contributed by atoms with E-state index < -0.39 is 206 Å². The van der Waals surface area contributed by atoms with E-state index >= 15 is 35.1 Å². The second kappa shape index (κ2) is 17.0. The Bertz CT molecular complexity index is 3120. The van der Waals surface area contributed by atoms with Crippen molar-refractivity contribution in [2.75, 3.05) is 0 Å². The van der Waals surface area contributed by atoms with Gasteiger partial charge in [-0.05, 0) is 48.6 Å². The number of hydrogen-bond acceptors (Lipinski definition) is 2. The van der Waals surface area contributed by atoms with Crippen molar-refractivity contribution in [2.24, 2.45) is 0 Å². The molecule has 2 N–H and O–H groups in total. The fourth-order valence-corrected chi connectivity index (χ4v) is 7.56. The van der Waals surface area contributed by atoms with E-state index in [0.717, 1.165) is 0 Å². The van der Waals surface area contributed by atoms with Crippen LogP contribution in [-0.2, 0) is 19.5 Å². The Balaban J connectivity index is 0.00000642. The monoisotopic (exact) mass is 1080 g/mol. The van der Waals surface area contributed by atoms with E-state index in [0.29, 0.717) is 48.6 Å². The minimum atomic E-state index is -2.72. The van der Waals surface area contributed by atoms with E-state index in [1.165, 1.54) is 0 Å². The topological polar surface area (TPSA) is 57.4 Å². The summed E-state index contributed by atoms with van der Waals surface area (Å²) >= 11 is 0. The van der Waals surface area contributed by atoms with Gasteiger partial charge in [-0.3, -0.25) is 0 Å². The van der Waals surface area contributed by atoms with Crippen LogP contribution in [0.1, 0.15) is 22.8 Å². The zero-order valence-electron chi connectivity index (χ0n) is 32.4. The predicted octanol–water partition coefficient (Wildman–Crippen LogP) is 14.1. The SMILES string of the molecule is Fc1c(F)c(F)c(-c2c3nc(c(-c4c(F)c(F)c(F)c(F)c4F)c4ccc([nH]4)c(-c4c(F)c(F)c(F)c(F)c4F)c4nc(c(-c5c(F)c(F)c(F)c(F)c5F)c5ccc2[nH]5)C=C4)C=C3)c(F)c1F.[Rh]. The molecule has 0 aliphatic carbocycles. The van der Waals surface area contributed by atoms with Crippen LogP contribution in [0.25, 0.3) is 90.9 Å². The molecule has 3 aromatic heterocycles. The number of aromatic nitrogens is 4. The van der Waals surface area contributed by atoms with Crippen molar-refractivity contribution in [3.8, 4) is 44.5 Å². The first-order chi connectivity index (χ1) is 32.1. The Morgan fingerprint density at radius 3 is 0.522 bits per heavy atom. The summed E-state index contributed by atoms with van der Waals surface area (Å²) < 4.78 is 303. The van der Waals surface area contributed by atoms with E-state index in [2.05, 4.69) is 19.9 Å². The fourth-order valence-electron chi connectivity index (χ4n) is 7.56. The van der Waals surface area contributed by atoms with Crippen LogP contribution < -0.4 is 0 Å². The third kappa shape index (κ3) is 7.01. The van der Waals surface area contributed by atoms with Crippen LogP contribution in [0.2, 0.25) is 0 Å². The maximum atomic E-state index is 15.8. The van der Waals surface area contributed by atoms with Crippen molar-refractivity contribution in [1.29, 1.82) is 0 Å². The quantitative estimate of drug-likeness (QED) is 0.0799. The standard InChI is InChI=1S/C44H10F20N4.Rh/c45-25-21(26(46)34(54)41(61)33(25)53)17-9-1-2-10(65-9)18(22-27(47)35(55)42(62)36(56)28(22)48)12-5-6-14(67-12)20(24-31(51)39(59)44(64)40(60)32(24)52)16-8-7-15(68-16)19(13-4-3-11(17)66-13)23-29(49)37(57)43(63)38(58)30(23)50;/h1-8,65,68H;. The van der Waals surface area contributed by atoms with Gasteiger partial charge in [0.25, 0.3) is 0 Å². The Morgan fingerprint density at radius 1 is 0.217 bits per heavy atom. The molecule has 0 unspecified atom stereocenters. The molecule has 69 heavy (non-hydrogen) atoms. The number of nitrogens with one attached hydrogen (secondary N) is 2. The summed E-state index contributed by atoms with van der Waals surface area (Å²) in [5, 5.41) is 0. The summed E-state index contributed by atoms with van der Waals surface area (Å²) in [7, 11) is 0. The molecule has 0 amide bonds. The molecule has 0 fully saturated rings. The molecule has 4 aromatic carbocycles. The summed E-state index contributed by atoms with van der Waals surface area (Å²) in [4.78, 5) is 12.3. The zero-order valence-corrected chi connectivity index (χ0v) is 34.0. The Morgan fingerprint density at radius 2 is 0.362 bits per heavy atom. The van der Waals surface area contributed by atoms with E-state index in [4.69, 9.17) is 0 Å². The van der Waals surface area contributed by atoms with Gasteiger partial charge in [0.05, 0.1) is 45.0 Å². The first kappa shape index (κ1) is 48.2. The molecular formula is C44H10F20N4Rh. The summed E-state index contributed by atoms with van der Waals surface area (Å²) in [6.07, 6.45) is 2.40. The molecule has 5 heterocycles. The van der Waals surface area contributed by atoms with Gasteiger partial charge in [-0.15, -0.1) is 0 Å². The second-order valence-corrected chi connectivity index (χ2v) is 14.3. The molecule has 4 nitrogen and oxygen atoms in total. The maximum Gasteiger partial charge on any atom is 0.200 e.